The molecule has 1 rings (SSSR count). The molecule has 1 aliphatic heterocycles. The van der Waals surface area contributed by atoms with Crippen molar-refractivity contribution in [1.29, 1.82) is 0 Å². The highest BCUT2D eigenvalue weighted by molar-refractivity contribution is 7.99. The Labute approximate surface area is 120 Å². The first-order valence-corrected chi connectivity index (χ1v) is 9.44. The topological polar surface area (TPSA) is 73.8 Å². The summed E-state index contributed by atoms with van der Waals surface area (Å²) in [4.78, 5) is 4.27. The van der Waals surface area contributed by atoms with Crippen molar-refractivity contribution in [2.24, 2.45) is 4.99 Å². The fraction of sp³-hybridized carbons (Fsp3) is 0.909. The van der Waals surface area contributed by atoms with Crippen LogP contribution in [-0.4, -0.2) is 68.7 Å². The van der Waals surface area contributed by atoms with Crippen LogP contribution >= 0.6 is 11.8 Å². The molecule has 112 valence electrons. The molecule has 6 nitrogen and oxygen atoms in total. The van der Waals surface area contributed by atoms with Gasteiger partial charge in [-0.1, -0.05) is 0 Å². The molecule has 0 saturated carbocycles. The first-order chi connectivity index (χ1) is 9.10. The van der Waals surface area contributed by atoms with Gasteiger partial charge < -0.3 is 10.6 Å². The predicted octanol–water partition coefficient (Wildman–Crippen LogP) is -0.0600. The van der Waals surface area contributed by atoms with Crippen molar-refractivity contribution in [2.75, 3.05) is 50.0 Å². The molecule has 0 spiro atoms. The minimum Gasteiger partial charge on any atom is -0.357 e. The van der Waals surface area contributed by atoms with Gasteiger partial charge in [-0.3, -0.25) is 4.99 Å². The Hall–Kier alpha value is -0.470. The van der Waals surface area contributed by atoms with E-state index in [9.17, 15) is 8.42 Å². The summed E-state index contributed by atoms with van der Waals surface area (Å²) in [6.45, 7) is 7.04. The third kappa shape index (κ3) is 6.01. The Morgan fingerprint density at radius 2 is 1.79 bits per heavy atom. The van der Waals surface area contributed by atoms with Crippen LogP contribution in [0.2, 0.25) is 0 Å². The average Bonchev–Trinajstić information content (AvgIpc) is 2.40. The van der Waals surface area contributed by atoms with E-state index in [1.165, 1.54) is 0 Å². The van der Waals surface area contributed by atoms with Crippen molar-refractivity contribution < 1.29 is 8.42 Å². The number of sulfonamides is 1. The SMILES string of the molecule is CCNC(=NCCS(=O)(=O)N1CCSCC1)NCC. The van der Waals surface area contributed by atoms with Crippen LogP contribution in [0.15, 0.2) is 4.99 Å². The van der Waals surface area contributed by atoms with E-state index >= 15 is 0 Å². The highest BCUT2D eigenvalue weighted by Crippen LogP contribution is 2.13. The number of hydrogen-bond donors (Lipinski definition) is 2. The van der Waals surface area contributed by atoms with Crippen LogP contribution in [0.3, 0.4) is 0 Å². The largest absolute Gasteiger partial charge is 0.357 e. The molecule has 0 bridgehead atoms. The van der Waals surface area contributed by atoms with Crippen molar-refractivity contribution in [3.05, 3.63) is 0 Å². The molecule has 0 amide bonds. The van der Waals surface area contributed by atoms with Gasteiger partial charge in [-0.15, -0.1) is 0 Å². The van der Waals surface area contributed by atoms with Gasteiger partial charge in [0.1, 0.15) is 0 Å². The summed E-state index contributed by atoms with van der Waals surface area (Å²) in [5.41, 5.74) is 0. The molecule has 1 aliphatic rings. The summed E-state index contributed by atoms with van der Waals surface area (Å²) < 4.78 is 25.8. The molecule has 0 unspecified atom stereocenters. The highest BCUT2D eigenvalue weighted by Gasteiger charge is 2.23. The lowest BCUT2D eigenvalue weighted by molar-refractivity contribution is 0.444. The zero-order valence-electron chi connectivity index (χ0n) is 11.7. The van der Waals surface area contributed by atoms with Gasteiger partial charge in [-0.2, -0.15) is 11.8 Å². The molecule has 0 aromatic rings. The Bertz CT molecular complexity index is 370. The molecule has 0 aliphatic carbocycles. The van der Waals surface area contributed by atoms with E-state index in [1.54, 1.807) is 16.1 Å². The van der Waals surface area contributed by atoms with Gasteiger partial charge in [0.25, 0.3) is 0 Å². The van der Waals surface area contributed by atoms with Gasteiger partial charge in [-0.25, -0.2) is 12.7 Å². The Morgan fingerprint density at radius 3 is 2.32 bits per heavy atom. The van der Waals surface area contributed by atoms with Crippen molar-refractivity contribution in [1.82, 2.24) is 14.9 Å². The maximum Gasteiger partial charge on any atom is 0.215 e. The molecular weight excluding hydrogens is 284 g/mol. The second kappa shape index (κ2) is 8.65. The summed E-state index contributed by atoms with van der Waals surface area (Å²) in [7, 11) is -3.15. The molecule has 8 heteroatoms. The standard InChI is InChI=1S/C11H24N4O2S2/c1-3-12-11(13-4-2)14-5-10-19(16,17)15-6-8-18-9-7-15/h3-10H2,1-2H3,(H2,12,13,14). The van der Waals surface area contributed by atoms with Crippen molar-refractivity contribution >= 4 is 27.7 Å². The second-order valence-corrected chi connectivity index (χ2v) is 7.43. The number of rotatable bonds is 6. The van der Waals surface area contributed by atoms with Crippen LogP contribution in [0.4, 0.5) is 0 Å². The first kappa shape index (κ1) is 16.6. The molecule has 0 radical (unpaired) electrons. The summed E-state index contributed by atoms with van der Waals surface area (Å²) >= 11 is 1.80. The van der Waals surface area contributed by atoms with E-state index in [0.717, 1.165) is 24.6 Å². The molecule has 0 aromatic heterocycles. The zero-order valence-corrected chi connectivity index (χ0v) is 13.3. The van der Waals surface area contributed by atoms with Gasteiger partial charge in [0, 0.05) is 37.7 Å². The van der Waals surface area contributed by atoms with Crippen LogP contribution < -0.4 is 10.6 Å². The van der Waals surface area contributed by atoms with Crippen LogP contribution in [0.25, 0.3) is 0 Å². The molecule has 0 atom stereocenters. The third-order valence-electron chi connectivity index (χ3n) is 2.67. The fourth-order valence-corrected chi connectivity index (χ4v) is 4.19. The van der Waals surface area contributed by atoms with Crippen LogP contribution in [-0.2, 0) is 10.0 Å². The quantitative estimate of drug-likeness (QED) is 0.531. The van der Waals surface area contributed by atoms with E-state index in [-0.39, 0.29) is 5.75 Å². The minimum absolute atomic E-state index is 0.0813. The maximum atomic E-state index is 12.1. The zero-order chi connectivity index (χ0) is 14.1. The number of guanidine groups is 1. The third-order valence-corrected chi connectivity index (χ3v) is 5.46. The normalized spacial score (nSPS) is 16.9. The lowest BCUT2D eigenvalue weighted by Crippen LogP contribution is -2.40. The van der Waals surface area contributed by atoms with E-state index in [2.05, 4.69) is 15.6 Å². The molecular formula is C11H24N4O2S2. The van der Waals surface area contributed by atoms with Gasteiger partial charge >= 0.3 is 0 Å². The van der Waals surface area contributed by atoms with Crippen LogP contribution in [0.5, 0.6) is 0 Å². The lowest BCUT2D eigenvalue weighted by atomic mass is 10.6. The molecule has 0 aromatic carbocycles. The number of hydrogen-bond acceptors (Lipinski definition) is 4. The number of nitrogens with zero attached hydrogens (tertiary/aromatic N) is 2. The van der Waals surface area contributed by atoms with Gasteiger partial charge in [0.2, 0.25) is 10.0 Å². The van der Waals surface area contributed by atoms with Crippen molar-refractivity contribution in [2.45, 2.75) is 13.8 Å². The molecule has 2 N–H and O–H groups in total. The summed E-state index contributed by atoms with van der Waals surface area (Å²) in [6.07, 6.45) is 0. The van der Waals surface area contributed by atoms with Crippen LogP contribution in [0, 0.1) is 0 Å². The van der Waals surface area contributed by atoms with Crippen molar-refractivity contribution in [3.63, 3.8) is 0 Å². The summed E-state index contributed by atoms with van der Waals surface area (Å²) in [5, 5.41) is 6.15. The molecule has 1 saturated heterocycles. The Morgan fingerprint density at radius 1 is 1.21 bits per heavy atom. The van der Waals surface area contributed by atoms with E-state index in [1.807, 2.05) is 13.8 Å². The van der Waals surface area contributed by atoms with Gasteiger partial charge in [0.15, 0.2) is 5.96 Å². The van der Waals surface area contributed by atoms with E-state index in [0.29, 0.717) is 25.6 Å². The molecule has 1 heterocycles. The maximum absolute atomic E-state index is 12.1. The molecule has 19 heavy (non-hydrogen) atoms. The number of aliphatic imine (C=N–C) groups is 1. The fourth-order valence-electron chi connectivity index (χ4n) is 1.74. The van der Waals surface area contributed by atoms with Gasteiger partial charge in [0.05, 0.1) is 12.3 Å². The number of thioether (sulfide) groups is 1. The van der Waals surface area contributed by atoms with E-state index < -0.39 is 10.0 Å². The monoisotopic (exact) mass is 308 g/mol. The molecule has 1 fully saturated rings. The van der Waals surface area contributed by atoms with E-state index in [4.69, 9.17) is 0 Å². The first-order valence-electron chi connectivity index (χ1n) is 6.68. The summed E-state index contributed by atoms with van der Waals surface area (Å²) in [6, 6.07) is 0. The van der Waals surface area contributed by atoms with Crippen molar-refractivity contribution in [3.8, 4) is 0 Å². The lowest BCUT2D eigenvalue weighted by Gasteiger charge is -2.25. The average molecular weight is 308 g/mol. The second-order valence-electron chi connectivity index (χ2n) is 4.12. The number of nitrogens with one attached hydrogen (secondary N) is 2. The summed E-state index contributed by atoms with van der Waals surface area (Å²) in [5.74, 6) is 2.54. The Kier molecular flexibility index (Phi) is 7.55. The Balaban J connectivity index is 2.46. The highest BCUT2D eigenvalue weighted by atomic mass is 32.2. The van der Waals surface area contributed by atoms with Gasteiger partial charge in [-0.05, 0) is 13.8 Å². The predicted molar refractivity (Wildman–Crippen MR) is 82.3 cm³/mol. The smallest absolute Gasteiger partial charge is 0.215 e. The van der Waals surface area contributed by atoms with Crippen LogP contribution in [0.1, 0.15) is 13.8 Å². The minimum atomic E-state index is -3.15.